The van der Waals surface area contributed by atoms with Crippen LogP contribution in [0.2, 0.25) is 0 Å². The van der Waals surface area contributed by atoms with Gasteiger partial charge in [-0.2, -0.15) is 0 Å². The maximum atomic E-state index is 12.7. The predicted molar refractivity (Wildman–Crippen MR) is 107 cm³/mol. The quantitative estimate of drug-likeness (QED) is 0.435. The van der Waals surface area contributed by atoms with Gasteiger partial charge in [-0.1, -0.05) is 6.07 Å². The SMILES string of the molecule is CCOC(=O)c1ccc(N2NC(=O)/C(=C/c3ccc(OC)c(Br)c3)C2=O)cc1. The van der Waals surface area contributed by atoms with Crippen LogP contribution < -0.4 is 15.2 Å². The van der Waals surface area contributed by atoms with Crippen molar-refractivity contribution in [3.05, 3.63) is 63.6 Å². The van der Waals surface area contributed by atoms with Gasteiger partial charge in [0.25, 0.3) is 11.8 Å². The van der Waals surface area contributed by atoms with Crippen LogP contribution in [0.25, 0.3) is 6.08 Å². The van der Waals surface area contributed by atoms with Crippen LogP contribution in [0.15, 0.2) is 52.5 Å². The molecule has 0 aromatic heterocycles. The topological polar surface area (TPSA) is 84.9 Å². The van der Waals surface area contributed by atoms with Crippen molar-refractivity contribution in [3.8, 4) is 5.75 Å². The number of carbonyl (C=O) groups excluding carboxylic acids is 3. The number of methoxy groups -OCH3 is 1. The Morgan fingerprint density at radius 3 is 2.50 bits per heavy atom. The maximum absolute atomic E-state index is 12.7. The molecule has 0 bridgehead atoms. The normalized spacial score (nSPS) is 15.0. The van der Waals surface area contributed by atoms with Gasteiger partial charge in [0.15, 0.2) is 0 Å². The first-order chi connectivity index (χ1) is 13.4. The van der Waals surface area contributed by atoms with E-state index in [4.69, 9.17) is 9.47 Å². The minimum Gasteiger partial charge on any atom is -0.496 e. The lowest BCUT2D eigenvalue weighted by Crippen LogP contribution is -2.35. The molecule has 28 heavy (non-hydrogen) atoms. The third kappa shape index (κ3) is 3.91. The van der Waals surface area contributed by atoms with E-state index in [-0.39, 0.29) is 12.2 Å². The number of hydrogen-bond donors (Lipinski definition) is 1. The van der Waals surface area contributed by atoms with Crippen molar-refractivity contribution in [2.24, 2.45) is 0 Å². The third-order valence-electron chi connectivity index (χ3n) is 4.01. The molecule has 0 unspecified atom stereocenters. The van der Waals surface area contributed by atoms with Crippen LogP contribution in [0.5, 0.6) is 5.75 Å². The van der Waals surface area contributed by atoms with Crippen LogP contribution in [0.3, 0.4) is 0 Å². The molecule has 1 heterocycles. The molecule has 0 aliphatic carbocycles. The van der Waals surface area contributed by atoms with Crippen molar-refractivity contribution in [1.82, 2.24) is 5.43 Å². The van der Waals surface area contributed by atoms with Gasteiger partial charge >= 0.3 is 5.97 Å². The molecule has 2 aromatic carbocycles. The zero-order valence-electron chi connectivity index (χ0n) is 15.2. The number of hydrogen-bond acceptors (Lipinski definition) is 5. The van der Waals surface area contributed by atoms with Crippen LogP contribution in [0, 0.1) is 0 Å². The van der Waals surface area contributed by atoms with E-state index in [0.717, 1.165) is 5.01 Å². The second-order valence-electron chi connectivity index (χ2n) is 5.80. The smallest absolute Gasteiger partial charge is 0.338 e. The minimum absolute atomic E-state index is 0.00605. The lowest BCUT2D eigenvalue weighted by Gasteiger charge is -2.14. The summed E-state index contributed by atoms with van der Waals surface area (Å²) in [5, 5.41) is 1.14. The number of nitrogens with one attached hydrogen (secondary N) is 1. The summed E-state index contributed by atoms with van der Waals surface area (Å²) >= 11 is 3.38. The van der Waals surface area contributed by atoms with E-state index in [9.17, 15) is 14.4 Å². The minimum atomic E-state index is -0.508. The molecular weight excluding hydrogens is 428 g/mol. The Hall–Kier alpha value is -3.13. The molecular formula is C20H17BrN2O5. The zero-order valence-corrected chi connectivity index (χ0v) is 16.8. The van der Waals surface area contributed by atoms with Gasteiger partial charge in [0.2, 0.25) is 0 Å². The number of carbonyl (C=O) groups is 3. The van der Waals surface area contributed by atoms with Crippen LogP contribution in [0.1, 0.15) is 22.8 Å². The van der Waals surface area contributed by atoms with E-state index in [0.29, 0.717) is 27.0 Å². The Bertz CT molecular complexity index is 969. The summed E-state index contributed by atoms with van der Waals surface area (Å²) in [4.78, 5) is 36.7. The standard InChI is InChI=1S/C20H17BrN2O5/c1-3-28-20(26)13-5-7-14(8-6-13)23-19(25)15(18(24)22-23)10-12-4-9-17(27-2)16(21)11-12/h4-11H,3H2,1-2H3,(H,22,24)/b15-10-. The first kappa shape index (κ1) is 19.6. The number of nitrogens with zero attached hydrogens (tertiary/aromatic N) is 1. The van der Waals surface area contributed by atoms with E-state index >= 15 is 0 Å². The predicted octanol–water partition coefficient (Wildman–Crippen LogP) is 3.10. The van der Waals surface area contributed by atoms with E-state index < -0.39 is 17.8 Å². The summed E-state index contributed by atoms with van der Waals surface area (Å²) in [6.45, 7) is 2.00. The fraction of sp³-hybridized carbons (Fsp3) is 0.150. The van der Waals surface area contributed by atoms with Gasteiger partial charge in [-0.15, -0.1) is 0 Å². The molecule has 1 saturated heterocycles. The van der Waals surface area contributed by atoms with E-state index in [1.54, 1.807) is 44.4 Å². The summed E-state index contributed by atoms with van der Waals surface area (Å²) in [6.07, 6.45) is 1.51. The molecule has 7 nitrogen and oxygen atoms in total. The number of rotatable bonds is 5. The van der Waals surface area contributed by atoms with Crippen LogP contribution in [0.4, 0.5) is 5.69 Å². The highest BCUT2D eigenvalue weighted by molar-refractivity contribution is 9.10. The van der Waals surface area contributed by atoms with E-state index in [2.05, 4.69) is 21.4 Å². The van der Waals surface area contributed by atoms with Gasteiger partial charge < -0.3 is 9.47 Å². The highest BCUT2D eigenvalue weighted by Gasteiger charge is 2.34. The summed E-state index contributed by atoms with van der Waals surface area (Å²) < 4.78 is 10.8. The van der Waals surface area contributed by atoms with Crippen LogP contribution >= 0.6 is 15.9 Å². The number of amides is 2. The Kier molecular flexibility index (Phi) is 5.79. The first-order valence-corrected chi connectivity index (χ1v) is 9.21. The van der Waals surface area contributed by atoms with Gasteiger partial charge in [0.05, 0.1) is 29.4 Å². The summed E-state index contributed by atoms with van der Waals surface area (Å²) in [6, 6.07) is 11.4. The zero-order chi connectivity index (χ0) is 20.3. The second-order valence-corrected chi connectivity index (χ2v) is 6.66. The Labute approximate surface area is 170 Å². The average molecular weight is 445 g/mol. The lowest BCUT2D eigenvalue weighted by atomic mass is 10.1. The molecule has 0 saturated carbocycles. The molecule has 8 heteroatoms. The molecule has 2 amide bonds. The van der Waals surface area contributed by atoms with Gasteiger partial charge in [0.1, 0.15) is 11.3 Å². The first-order valence-electron chi connectivity index (χ1n) is 8.42. The molecule has 2 aromatic rings. The number of esters is 1. The van der Waals surface area contributed by atoms with Crippen LogP contribution in [-0.2, 0) is 14.3 Å². The monoisotopic (exact) mass is 444 g/mol. The Balaban J connectivity index is 1.83. The fourth-order valence-electron chi connectivity index (χ4n) is 2.64. The molecule has 1 N–H and O–H groups in total. The Morgan fingerprint density at radius 2 is 1.89 bits per heavy atom. The highest BCUT2D eigenvalue weighted by Crippen LogP contribution is 2.28. The lowest BCUT2D eigenvalue weighted by molar-refractivity contribution is -0.117. The number of benzene rings is 2. The average Bonchev–Trinajstić information content (AvgIpc) is 2.97. The van der Waals surface area contributed by atoms with E-state index in [1.807, 2.05) is 0 Å². The molecule has 0 spiro atoms. The fourth-order valence-corrected chi connectivity index (χ4v) is 3.20. The number of anilines is 1. The highest BCUT2D eigenvalue weighted by atomic mass is 79.9. The van der Waals surface area contributed by atoms with Crippen molar-refractivity contribution in [3.63, 3.8) is 0 Å². The molecule has 3 rings (SSSR count). The van der Waals surface area contributed by atoms with Crippen molar-refractivity contribution < 1.29 is 23.9 Å². The number of ether oxygens (including phenoxy) is 2. The van der Waals surface area contributed by atoms with Gasteiger partial charge in [0, 0.05) is 0 Å². The molecule has 0 radical (unpaired) electrons. The second kappa shape index (κ2) is 8.26. The summed E-state index contributed by atoms with van der Waals surface area (Å²) in [5.74, 6) is -0.795. The summed E-state index contributed by atoms with van der Waals surface area (Å²) in [7, 11) is 1.55. The van der Waals surface area contributed by atoms with Crippen molar-refractivity contribution in [2.45, 2.75) is 6.92 Å². The van der Waals surface area contributed by atoms with Crippen molar-refractivity contribution >= 4 is 45.5 Å². The van der Waals surface area contributed by atoms with Gasteiger partial charge in [-0.3, -0.25) is 15.0 Å². The molecule has 1 aliphatic rings. The third-order valence-corrected chi connectivity index (χ3v) is 4.63. The largest absolute Gasteiger partial charge is 0.496 e. The van der Waals surface area contributed by atoms with Crippen molar-refractivity contribution in [2.75, 3.05) is 18.7 Å². The van der Waals surface area contributed by atoms with Crippen LogP contribution in [-0.4, -0.2) is 31.5 Å². The van der Waals surface area contributed by atoms with Crippen molar-refractivity contribution in [1.29, 1.82) is 0 Å². The molecule has 0 atom stereocenters. The van der Waals surface area contributed by atoms with E-state index in [1.165, 1.54) is 18.2 Å². The Morgan fingerprint density at radius 1 is 1.18 bits per heavy atom. The maximum Gasteiger partial charge on any atom is 0.338 e. The molecule has 144 valence electrons. The summed E-state index contributed by atoms with van der Waals surface area (Å²) in [5.41, 5.74) is 4.00. The molecule has 1 fully saturated rings. The molecule has 1 aliphatic heterocycles. The number of hydrazine groups is 1. The van der Waals surface area contributed by atoms with Gasteiger partial charge in [-0.25, -0.2) is 9.80 Å². The number of halogens is 1. The van der Waals surface area contributed by atoms with Gasteiger partial charge in [-0.05, 0) is 70.9 Å².